The van der Waals surface area contributed by atoms with E-state index < -0.39 is 37.4 Å². The van der Waals surface area contributed by atoms with Gasteiger partial charge in [0.2, 0.25) is 0 Å². The molecule has 48 heavy (non-hydrogen) atoms. The number of hydrogen-bond acceptors (Lipinski definition) is 11. The van der Waals surface area contributed by atoms with Crippen LogP contribution in [0.3, 0.4) is 0 Å². The largest absolute Gasteiger partial charge is 0.747 e. The van der Waals surface area contributed by atoms with Crippen LogP contribution in [0.5, 0.6) is 5.75 Å². The third-order valence-electron chi connectivity index (χ3n) is 6.70. The highest BCUT2D eigenvalue weighted by molar-refractivity contribution is 9.11. The lowest BCUT2D eigenvalue weighted by Gasteiger charge is -2.27. The minimum Gasteiger partial charge on any atom is -0.747 e. The minimum absolute atomic E-state index is 0.0623. The molecular formula is C33H35BrN3O7S4-. The number of ether oxygens (including phenoxy) is 1. The Labute approximate surface area is 299 Å². The van der Waals surface area contributed by atoms with E-state index in [9.17, 15) is 25.9 Å². The zero-order valence-corrected chi connectivity index (χ0v) is 31.2. The van der Waals surface area contributed by atoms with E-state index >= 15 is 0 Å². The number of fused-ring (bicyclic) bond motifs is 2. The van der Waals surface area contributed by atoms with Gasteiger partial charge in [-0.05, 0) is 58.6 Å². The normalized spacial score (nSPS) is 15.5. The SMILES string of the molecule is C=C.C=C.CC[n+]1ccccc1.Cc1c(Br)sc2c1N(CS(=O)(=O)[O-])C(C=C1Oc3ccc(-c4ccccc4)cc3N1CS(=O)(=O)[O-])S2. The van der Waals surface area contributed by atoms with Crippen LogP contribution in [0.15, 0.2) is 125 Å². The third-order valence-corrected chi connectivity index (χ3v) is 11.4. The topological polar surface area (TPSA) is 134 Å². The standard InChI is InChI=1S/C22H19BrN2O7S4.C7H10N.2C2H4/c1-13-20-22(34-21(13)23)33-19(25(20)12-36(29,30)31)10-18-24(11-35(26,27)28)16-9-15(7-8-17(16)32-18)14-5-3-2-4-6-14;1-2-8-6-4-3-5-7-8;2*1-2/h2-10,19H,11-12H2,1H3,(H,26,27,28)(H,29,30,31);3-7H,2H2,1H3;2*1-2H2/q;+1;;/p-2. The van der Waals surface area contributed by atoms with Crippen molar-refractivity contribution in [2.24, 2.45) is 0 Å². The Morgan fingerprint density at radius 1 is 0.917 bits per heavy atom. The molecule has 0 aliphatic carbocycles. The molecule has 0 radical (unpaired) electrons. The van der Waals surface area contributed by atoms with Gasteiger partial charge in [0.05, 0.1) is 19.4 Å². The van der Waals surface area contributed by atoms with Gasteiger partial charge < -0.3 is 18.7 Å². The number of aryl methyl sites for hydroxylation is 1. The number of anilines is 2. The molecule has 256 valence electrons. The smallest absolute Gasteiger partial charge is 0.200 e. The molecule has 15 heteroatoms. The summed E-state index contributed by atoms with van der Waals surface area (Å²) in [5.74, 6) is -1.25. The lowest BCUT2D eigenvalue weighted by Crippen LogP contribution is -2.35. The second-order valence-electron chi connectivity index (χ2n) is 9.78. The minimum atomic E-state index is -4.71. The Morgan fingerprint density at radius 3 is 2.08 bits per heavy atom. The lowest BCUT2D eigenvalue weighted by molar-refractivity contribution is -0.693. The van der Waals surface area contributed by atoms with E-state index in [1.54, 1.807) is 12.1 Å². The van der Waals surface area contributed by atoms with E-state index in [4.69, 9.17) is 4.74 Å². The number of thioether (sulfide) groups is 1. The molecule has 0 saturated heterocycles. The number of aromatic nitrogens is 1. The Morgan fingerprint density at radius 2 is 1.52 bits per heavy atom. The van der Waals surface area contributed by atoms with Crippen LogP contribution >= 0.6 is 39.0 Å². The highest BCUT2D eigenvalue weighted by Gasteiger charge is 2.37. The van der Waals surface area contributed by atoms with Crippen LogP contribution in [0, 0.1) is 6.92 Å². The second kappa shape index (κ2) is 17.3. The lowest BCUT2D eigenvalue weighted by atomic mass is 10.0. The summed E-state index contributed by atoms with van der Waals surface area (Å²) in [6.07, 6.45) is 5.64. The molecule has 1 unspecified atom stereocenters. The van der Waals surface area contributed by atoms with Crippen LogP contribution in [0.4, 0.5) is 11.4 Å². The van der Waals surface area contributed by atoms with Gasteiger partial charge in [-0.15, -0.1) is 37.7 Å². The third kappa shape index (κ3) is 10.0. The Kier molecular flexibility index (Phi) is 14.0. The molecule has 6 rings (SSSR count). The van der Waals surface area contributed by atoms with Crippen molar-refractivity contribution in [3.8, 4) is 16.9 Å². The van der Waals surface area contributed by atoms with Gasteiger partial charge in [-0.3, -0.25) is 4.90 Å². The first-order chi connectivity index (χ1) is 22.8. The van der Waals surface area contributed by atoms with Gasteiger partial charge in [0, 0.05) is 18.2 Å². The molecular weight excluding hydrogens is 759 g/mol. The fourth-order valence-corrected chi connectivity index (χ4v) is 9.60. The predicted octanol–water partition coefficient (Wildman–Crippen LogP) is 7.07. The fraction of sp³-hybridized carbons (Fsp3) is 0.182. The molecule has 2 aliphatic rings. The van der Waals surface area contributed by atoms with Crippen molar-refractivity contribution in [2.45, 2.75) is 30.0 Å². The van der Waals surface area contributed by atoms with Crippen LogP contribution in [0.25, 0.3) is 11.1 Å². The number of hydrogen-bond donors (Lipinski definition) is 0. The molecule has 2 aromatic carbocycles. The van der Waals surface area contributed by atoms with Gasteiger partial charge in [-0.2, -0.15) is 0 Å². The van der Waals surface area contributed by atoms with Gasteiger partial charge in [0.15, 0.2) is 24.0 Å². The maximum absolute atomic E-state index is 11.8. The van der Waals surface area contributed by atoms with Crippen molar-refractivity contribution < 1.29 is 35.2 Å². The van der Waals surface area contributed by atoms with E-state index in [0.29, 0.717) is 17.1 Å². The number of thiophene rings is 1. The van der Waals surface area contributed by atoms with Crippen molar-refractivity contribution in [2.75, 3.05) is 21.6 Å². The zero-order chi connectivity index (χ0) is 35.6. The fourth-order valence-electron chi connectivity index (χ4n) is 4.69. The molecule has 2 aromatic heterocycles. The van der Waals surface area contributed by atoms with Crippen LogP contribution in [0.2, 0.25) is 0 Å². The highest BCUT2D eigenvalue weighted by atomic mass is 79.9. The average molecular weight is 794 g/mol. The van der Waals surface area contributed by atoms with Crippen molar-refractivity contribution in [3.05, 3.63) is 127 Å². The van der Waals surface area contributed by atoms with Gasteiger partial charge in [-0.25, -0.2) is 21.4 Å². The van der Waals surface area contributed by atoms with Crippen LogP contribution in [0.1, 0.15) is 12.5 Å². The zero-order valence-electron chi connectivity index (χ0n) is 26.3. The summed E-state index contributed by atoms with van der Waals surface area (Å²) < 4.78 is 80.1. The summed E-state index contributed by atoms with van der Waals surface area (Å²) >= 11 is 6.16. The summed E-state index contributed by atoms with van der Waals surface area (Å²) in [4.78, 5) is 2.70. The second-order valence-corrected chi connectivity index (χ2v) is 16.2. The van der Waals surface area contributed by atoms with E-state index in [1.165, 1.54) is 39.0 Å². The first-order valence-corrected chi connectivity index (χ1v) is 19.9. The number of benzene rings is 2. The summed E-state index contributed by atoms with van der Waals surface area (Å²) in [5.41, 5.74) is 3.48. The monoisotopic (exact) mass is 792 g/mol. The van der Waals surface area contributed by atoms with Crippen molar-refractivity contribution in [1.82, 2.24) is 0 Å². The molecule has 0 saturated carbocycles. The number of halogens is 1. The Bertz CT molecular complexity index is 1940. The molecule has 1 atom stereocenters. The quantitative estimate of drug-likeness (QED) is 0.109. The molecule has 0 N–H and O–H groups in total. The van der Waals surface area contributed by atoms with Gasteiger partial charge in [0.25, 0.3) is 0 Å². The Balaban J connectivity index is 0.000000447. The van der Waals surface area contributed by atoms with Crippen LogP contribution < -0.4 is 19.1 Å². The molecule has 0 fully saturated rings. The number of pyridine rings is 1. The molecule has 2 aliphatic heterocycles. The highest BCUT2D eigenvalue weighted by Crippen LogP contribution is 2.54. The molecule has 0 amide bonds. The maximum atomic E-state index is 11.8. The van der Waals surface area contributed by atoms with E-state index in [-0.39, 0.29) is 5.88 Å². The number of nitrogens with zero attached hydrogens (tertiary/aromatic N) is 3. The molecule has 10 nitrogen and oxygen atoms in total. The average Bonchev–Trinajstić information content (AvgIpc) is 3.67. The molecule has 0 spiro atoms. The Hall–Kier alpha value is -3.44. The van der Waals surface area contributed by atoms with Gasteiger partial charge >= 0.3 is 0 Å². The summed E-state index contributed by atoms with van der Waals surface area (Å²) in [7, 11) is -9.34. The molecule has 4 heterocycles. The molecule has 0 bridgehead atoms. The maximum Gasteiger partial charge on any atom is 0.200 e. The first kappa shape index (κ1) is 39.0. The van der Waals surface area contributed by atoms with Crippen LogP contribution in [-0.4, -0.2) is 43.1 Å². The van der Waals surface area contributed by atoms with Gasteiger partial charge in [0.1, 0.15) is 43.9 Å². The van der Waals surface area contributed by atoms with Crippen molar-refractivity contribution in [1.29, 1.82) is 0 Å². The van der Waals surface area contributed by atoms with Crippen LogP contribution in [-0.2, 0) is 26.8 Å². The van der Waals surface area contributed by atoms with E-state index in [2.05, 4.69) is 66.1 Å². The summed E-state index contributed by atoms with van der Waals surface area (Å²) in [6, 6.07) is 20.7. The van der Waals surface area contributed by atoms with Gasteiger partial charge in [-0.1, -0.05) is 54.2 Å². The summed E-state index contributed by atoms with van der Waals surface area (Å²) in [6.45, 7) is 17.0. The van der Waals surface area contributed by atoms with Crippen molar-refractivity contribution >= 4 is 70.6 Å². The predicted molar refractivity (Wildman–Crippen MR) is 196 cm³/mol. The van der Waals surface area contributed by atoms with E-state index in [1.807, 2.05) is 61.5 Å². The van der Waals surface area contributed by atoms with E-state index in [0.717, 1.165) is 31.2 Å². The first-order valence-electron chi connectivity index (χ1n) is 14.2. The summed E-state index contributed by atoms with van der Waals surface area (Å²) in [5, 5.41) is -0.684. The van der Waals surface area contributed by atoms with Crippen molar-refractivity contribution in [3.63, 3.8) is 0 Å². The molecule has 4 aromatic rings. The number of rotatable bonds is 7.